The van der Waals surface area contributed by atoms with E-state index in [1.807, 2.05) is 0 Å². The summed E-state index contributed by atoms with van der Waals surface area (Å²) in [5.41, 5.74) is 1.36. The number of aryl methyl sites for hydroxylation is 1. The highest BCUT2D eigenvalue weighted by Gasteiger charge is 2.27. The second-order valence-electron chi connectivity index (χ2n) is 5.26. The minimum atomic E-state index is -0.592. The maximum absolute atomic E-state index is 14.1. The van der Waals surface area contributed by atoms with Gasteiger partial charge in [-0.2, -0.15) is 0 Å². The third-order valence-electron chi connectivity index (χ3n) is 3.83. The Labute approximate surface area is 116 Å². The molecular formula is C15H16FNO3. The van der Waals surface area contributed by atoms with Crippen molar-refractivity contribution in [3.8, 4) is 0 Å². The van der Waals surface area contributed by atoms with Gasteiger partial charge in [0.25, 0.3) is 0 Å². The quantitative estimate of drug-likeness (QED) is 0.845. The molecule has 0 radical (unpaired) electrons. The van der Waals surface area contributed by atoms with E-state index >= 15 is 0 Å². The molecule has 0 aromatic heterocycles. The van der Waals surface area contributed by atoms with E-state index < -0.39 is 11.9 Å². The molecule has 3 rings (SSSR count). The van der Waals surface area contributed by atoms with Gasteiger partial charge in [-0.05, 0) is 43.4 Å². The summed E-state index contributed by atoms with van der Waals surface area (Å²) >= 11 is 0. The first-order valence-electron chi connectivity index (χ1n) is 6.93. The Bertz CT molecular complexity index is 564. The summed E-state index contributed by atoms with van der Waals surface area (Å²) in [4.78, 5) is 23.6. The van der Waals surface area contributed by atoms with Gasteiger partial charge in [0.05, 0.1) is 5.56 Å². The number of rotatable bonds is 2. The lowest BCUT2D eigenvalue weighted by atomic mass is 9.94. The normalized spacial score (nSPS) is 22.1. The zero-order valence-corrected chi connectivity index (χ0v) is 11.1. The molecule has 1 atom stereocenters. The number of hydrogen-bond donors (Lipinski definition) is 1. The summed E-state index contributed by atoms with van der Waals surface area (Å²) in [6.45, 7) is 0.555. The molecule has 2 heterocycles. The average Bonchev–Trinajstić information content (AvgIpc) is 2.46. The molecular weight excluding hydrogens is 261 g/mol. The largest absolute Gasteiger partial charge is 0.370 e. The number of fused-ring (bicyclic) bond motifs is 1. The Hall–Kier alpha value is -1.75. The van der Waals surface area contributed by atoms with Crippen LogP contribution in [0.3, 0.4) is 0 Å². The number of halogens is 1. The minimum Gasteiger partial charge on any atom is -0.370 e. The molecule has 20 heavy (non-hydrogen) atoms. The molecule has 1 N–H and O–H groups in total. The first-order valence-corrected chi connectivity index (χ1v) is 6.93. The van der Waals surface area contributed by atoms with E-state index in [9.17, 15) is 14.0 Å². The van der Waals surface area contributed by atoms with Crippen molar-refractivity contribution in [2.75, 3.05) is 11.9 Å². The van der Waals surface area contributed by atoms with Crippen LogP contribution in [-0.4, -0.2) is 24.4 Å². The van der Waals surface area contributed by atoms with Gasteiger partial charge in [0.1, 0.15) is 11.9 Å². The number of ketones is 1. The first kappa shape index (κ1) is 13.2. The summed E-state index contributed by atoms with van der Waals surface area (Å²) in [7, 11) is 0. The summed E-state index contributed by atoms with van der Waals surface area (Å²) in [5.74, 6) is -1.00. The van der Waals surface area contributed by atoms with E-state index in [0.29, 0.717) is 31.6 Å². The Morgan fingerprint density at radius 1 is 1.30 bits per heavy atom. The lowest BCUT2D eigenvalue weighted by Gasteiger charge is -2.23. The number of Topliss-reactive ketones (excluding diaryl/α,β-unsaturated/α-hetero) is 1. The first-order chi connectivity index (χ1) is 9.65. The highest BCUT2D eigenvalue weighted by atomic mass is 19.1. The van der Waals surface area contributed by atoms with Crippen molar-refractivity contribution >= 4 is 17.4 Å². The van der Waals surface area contributed by atoms with Crippen LogP contribution in [0.15, 0.2) is 12.1 Å². The second kappa shape index (κ2) is 5.32. The number of carbonyl (C=O) groups excluding carboxylic acids is 2. The van der Waals surface area contributed by atoms with Gasteiger partial charge < -0.3 is 10.1 Å². The number of anilines is 1. The number of benzene rings is 1. The molecule has 0 aliphatic carbocycles. The fourth-order valence-corrected chi connectivity index (χ4v) is 2.71. The molecule has 0 spiro atoms. The molecule has 0 bridgehead atoms. The third-order valence-corrected chi connectivity index (χ3v) is 3.83. The Balaban J connectivity index is 1.89. The predicted molar refractivity (Wildman–Crippen MR) is 71.3 cm³/mol. The maximum Gasteiger partial charge on any atom is 0.224 e. The third kappa shape index (κ3) is 2.45. The predicted octanol–water partition coefficient (Wildman–Crippen LogP) is 2.46. The van der Waals surface area contributed by atoms with Crippen molar-refractivity contribution in [3.05, 3.63) is 29.1 Å². The van der Waals surface area contributed by atoms with Crippen molar-refractivity contribution in [2.45, 2.75) is 38.2 Å². The number of carbonyl (C=O) groups is 2. The minimum absolute atomic E-state index is 0.0757. The molecule has 1 unspecified atom stereocenters. The van der Waals surface area contributed by atoms with Gasteiger partial charge in [-0.3, -0.25) is 9.59 Å². The van der Waals surface area contributed by atoms with Crippen LogP contribution in [0, 0.1) is 5.82 Å². The molecule has 1 fully saturated rings. The summed E-state index contributed by atoms with van der Waals surface area (Å²) in [6, 6.07) is 2.80. The molecule has 1 amide bonds. The van der Waals surface area contributed by atoms with Crippen LogP contribution in [-0.2, 0) is 16.0 Å². The van der Waals surface area contributed by atoms with Crippen LogP contribution in [0.5, 0.6) is 0 Å². The molecule has 0 saturated carbocycles. The standard InChI is InChI=1S/C15H16FNO3/c16-11-8-12-9(4-5-14(18)17-12)7-10(11)15(19)13-3-1-2-6-20-13/h7-8,13H,1-6H2,(H,17,18). The zero-order valence-electron chi connectivity index (χ0n) is 11.1. The van der Waals surface area contributed by atoms with E-state index in [-0.39, 0.29) is 17.3 Å². The highest BCUT2D eigenvalue weighted by Crippen LogP contribution is 2.28. The van der Waals surface area contributed by atoms with Gasteiger partial charge >= 0.3 is 0 Å². The number of hydrogen-bond acceptors (Lipinski definition) is 3. The van der Waals surface area contributed by atoms with E-state index in [2.05, 4.69) is 5.32 Å². The van der Waals surface area contributed by atoms with E-state index in [0.717, 1.165) is 18.4 Å². The number of nitrogens with one attached hydrogen (secondary N) is 1. The van der Waals surface area contributed by atoms with Crippen LogP contribution >= 0.6 is 0 Å². The molecule has 2 aliphatic heterocycles. The molecule has 106 valence electrons. The van der Waals surface area contributed by atoms with E-state index in [4.69, 9.17) is 4.74 Å². The van der Waals surface area contributed by atoms with Crippen molar-refractivity contribution in [1.82, 2.24) is 0 Å². The number of amides is 1. The zero-order chi connectivity index (χ0) is 14.1. The topological polar surface area (TPSA) is 55.4 Å². The highest BCUT2D eigenvalue weighted by molar-refractivity contribution is 6.01. The van der Waals surface area contributed by atoms with Gasteiger partial charge in [0.2, 0.25) is 5.91 Å². The van der Waals surface area contributed by atoms with Crippen LogP contribution in [0.2, 0.25) is 0 Å². The Morgan fingerprint density at radius 3 is 2.90 bits per heavy atom. The van der Waals surface area contributed by atoms with Crippen molar-refractivity contribution < 1.29 is 18.7 Å². The van der Waals surface area contributed by atoms with E-state index in [1.165, 1.54) is 6.07 Å². The number of ether oxygens (including phenoxy) is 1. The summed E-state index contributed by atoms with van der Waals surface area (Å²) in [5, 5.41) is 2.62. The van der Waals surface area contributed by atoms with Crippen molar-refractivity contribution in [3.63, 3.8) is 0 Å². The fraction of sp³-hybridized carbons (Fsp3) is 0.467. The van der Waals surface area contributed by atoms with Gasteiger partial charge in [0, 0.05) is 18.7 Å². The summed E-state index contributed by atoms with van der Waals surface area (Å²) < 4.78 is 19.5. The SMILES string of the molecule is O=C1CCc2cc(C(=O)C3CCCCO3)c(F)cc2N1. The van der Waals surface area contributed by atoms with Crippen molar-refractivity contribution in [1.29, 1.82) is 0 Å². The molecule has 2 aliphatic rings. The van der Waals surface area contributed by atoms with Gasteiger partial charge in [-0.1, -0.05) is 0 Å². The molecule has 1 saturated heterocycles. The smallest absolute Gasteiger partial charge is 0.224 e. The average molecular weight is 277 g/mol. The monoisotopic (exact) mass is 277 g/mol. The van der Waals surface area contributed by atoms with Gasteiger partial charge in [0.15, 0.2) is 5.78 Å². The Kier molecular flexibility index (Phi) is 3.53. The van der Waals surface area contributed by atoms with Crippen LogP contribution in [0.4, 0.5) is 10.1 Å². The maximum atomic E-state index is 14.1. The molecule has 1 aromatic rings. The Morgan fingerprint density at radius 2 is 2.15 bits per heavy atom. The molecule has 1 aromatic carbocycles. The molecule has 4 nitrogen and oxygen atoms in total. The fourth-order valence-electron chi connectivity index (χ4n) is 2.71. The van der Waals surface area contributed by atoms with Gasteiger partial charge in [-0.15, -0.1) is 0 Å². The van der Waals surface area contributed by atoms with Crippen molar-refractivity contribution in [2.24, 2.45) is 0 Å². The van der Waals surface area contributed by atoms with E-state index in [1.54, 1.807) is 6.07 Å². The van der Waals surface area contributed by atoms with Crippen LogP contribution in [0.25, 0.3) is 0 Å². The van der Waals surface area contributed by atoms with Crippen LogP contribution in [0.1, 0.15) is 41.6 Å². The van der Waals surface area contributed by atoms with Gasteiger partial charge in [-0.25, -0.2) is 4.39 Å². The van der Waals surface area contributed by atoms with Crippen LogP contribution < -0.4 is 5.32 Å². The lowest BCUT2D eigenvalue weighted by molar-refractivity contribution is -0.116. The summed E-state index contributed by atoms with van der Waals surface area (Å²) in [6.07, 6.45) is 2.89. The molecule has 5 heteroatoms. The second-order valence-corrected chi connectivity index (χ2v) is 5.26. The lowest BCUT2D eigenvalue weighted by Crippen LogP contribution is -2.29.